The number of phenols is 1. The first-order chi connectivity index (χ1) is 14.5. The largest absolute Gasteiger partial charge is 0.504 e. The first kappa shape index (κ1) is 17.8. The van der Waals surface area contributed by atoms with E-state index >= 15 is 0 Å². The number of piperidine rings is 1. The van der Waals surface area contributed by atoms with E-state index in [0.29, 0.717) is 18.6 Å². The van der Waals surface area contributed by atoms with Gasteiger partial charge in [0.1, 0.15) is 6.10 Å². The summed E-state index contributed by atoms with van der Waals surface area (Å²) in [4.78, 5) is 17.2. The monoisotopic (exact) mass is 410 g/mol. The fraction of sp³-hybridized carbons (Fsp3) is 0.708. The minimum Gasteiger partial charge on any atom is -0.504 e. The van der Waals surface area contributed by atoms with Crippen molar-refractivity contribution in [2.24, 2.45) is 5.92 Å². The minimum absolute atomic E-state index is 0.0198. The van der Waals surface area contributed by atoms with Crippen molar-refractivity contribution < 1.29 is 19.7 Å². The molecule has 6 heteroatoms. The van der Waals surface area contributed by atoms with Gasteiger partial charge in [-0.15, -0.1) is 0 Å². The van der Waals surface area contributed by atoms with Crippen LogP contribution < -0.4 is 4.74 Å². The second-order valence-electron chi connectivity index (χ2n) is 10.6. The Balaban J connectivity index is 1.39. The van der Waals surface area contributed by atoms with Crippen LogP contribution in [0.5, 0.6) is 11.5 Å². The fourth-order valence-corrected chi connectivity index (χ4v) is 7.79. The Morgan fingerprint density at radius 3 is 2.80 bits per heavy atom. The summed E-state index contributed by atoms with van der Waals surface area (Å²) in [5.74, 6) is 1.74. The summed E-state index contributed by atoms with van der Waals surface area (Å²) in [7, 11) is 0. The van der Waals surface area contributed by atoms with Gasteiger partial charge in [-0.05, 0) is 69.0 Å². The van der Waals surface area contributed by atoms with Crippen molar-refractivity contribution in [2.45, 2.75) is 80.6 Å². The van der Waals surface area contributed by atoms with Crippen molar-refractivity contribution in [3.63, 3.8) is 0 Å². The number of carbonyl (C=O) groups excluding carboxylic acids is 1. The van der Waals surface area contributed by atoms with Crippen molar-refractivity contribution in [3.8, 4) is 11.5 Å². The van der Waals surface area contributed by atoms with Crippen LogP contribution in [0, 0.1) is 5.92 Å². The highest BCUT2D eigenvalue weighted by Gasteiger charge is 2.73. The number of rotatable bonds is 3. The molecule has 1 aromatic carbocycles. The summed E-state index contributed by atoms with van der Waals surface area (Å²) in [6.45, 7) is 2.83. The molecule has 1 unspecified atom stereocenters. The molecule has 0 radical (unpaired) electrons. The third-order valence-corrected chi connectivity index (χ3v) is 9.24. The third-order valence-electron chi connectivity index (χ3n) is 9.24. The normalized spacial score (nSPS) is 41.7. The predicted molar refractivity (Wildman–Crippen MR) is 110 cm³/mol. The standard InChI is InChI=1S/C24H30N2O4/c27-17-6-5-15-12-18-24(29)8-7-16(26-10-1-2-19(26)28)22-23(24,20(15)21(17)30-22)9-11-25(18)13-14-3-4-14/h5-6,14,16,18,22,27,29H,1-4,7-13H2/t16-,18+,22-,23-,24?/m0/s1. The number of likely N-dealkylation sites (tertiary alicyclic amines) is 2. The highest BCUT2D eigenvalue weighted by atomic mass is 16.5. The molecule has 3 heterocycles. The van der Waals surface area contributed by atoms with Gasteiger partial charge in [0.2, 0.25) is 5.91 Å². The Kier molecular flexibility index (Phi) is 3.40. The van der Waals surface area contributed by atoms with E-state index in [2.05, 4.69) is 4.90 Å². The van der Waals surface area contributed by atoms with Crippen LogP contribution in [0.2, 0.25) is 0 Å². The number of benzene rings is 1. The number of hydrogen-bond donors (Lipinski definition) is 2. The van der Waals surface area contributed by atoms with E-state index in [1.165, 1.54) is 18.4 Å². The summed E-state index contributed by atoms with van der Waals surface area (Å²) in [5.41, 5.74) is 0.879. The molecular formula is C24H30N2O4. The van der Waals surface area contributed by atoms with Crippen molar-refractivity contribution in [2.75, 3.05) is 19.6 Å². The van der Waals surface area contributed by atoms with Crippen LogP contribution >= 0.6 is 0 Å². The molecule has 0 aromatic heterocycles. The molecule has 2 saturated carbocycles. The quantitative estimate of drug-likeness (QED) is 0.797. The molecule has 3 aliphatic heterocycles. The number of phenolic OH excluding ortho intramolecular Hbond substituents is 1. The molecule has 6 aliphatic rings. The Morgan fingerprint density at radius 1 is 1.17 bits per heavy atom. The molecule has 2 N–H and O–H groups in total. The molecule has 1 amide bonds. The number of aromatic hydroxyl groups is 1. The summed E-state index contributed by atoms with van der Waals surface area (Å²) < 4.78 is 6.55. The molecule has 5 atom stereocenters. The molecule has 2 saturated heterocycles. The SMILES string of the molecule is O=C1CCCN1[C@H]1CCC2(O)[C@H]3Cc4ccc(O)c5c4[C@@]2(CCN3CC2CC2)[C@H]1O5. The first-order valence-corrected chi connectivity index (χ1v) is 11.8. The zero-order valence-electron chi connectivity index (χ0n) is 17.3. The molecule has 160 valence electrons. The first-order valence-electron chi connectivity index (χ1n) is 11.8. The number of amides is 1. The van der Waals surface area contributed by atoms with Crippen LogP contribution in [0.4, 0.5) is 0 Å². The second-order valence-corrected chi connectivity index (χ2v) is 10.6. The number of hydrogen-bond acceptors (Lipinski definition) is 5. The van der Waals surface area contributed by atoms with Crippen molar-refractivity contribution in [1.29, 1.82) is 0 Å². The molecule has 4 fully saturated rings. The molecule has 30 heavy (non-hydrogen) atoms. The number of aliphatic hydroxyl groups is 1. The van der Waals surface area contributed by atoms with Crippen LogP contribution in [0.1, 0.15) is 56.1 Å². The number of nitrogens with zero attached hydrogens (tertiary/aromatic N) is 2. The molecule has 6 nitrogen and oxygen atoms in total. The van der Waals surface area contributed by atoms with Gasteiger partial charge < -0.3 is 19.8 Å². The van der Waals surface area contributed by atoms with Crippen LogP contribution in [0.15, 0.2) is 12.1 Å². The zero-order valence-corrected chi connectivity index (χ0v) is 17.3. The van der Waals surface area contributed by atoms with Gasteiger partial charge in [0.25, 0.3) is 0 Å². The zero-order chi connectivity index (χ0) is 20.3. The average molecular weight is 411 g/mol. The van der Waals surface area contributed by atoms with Crippen molar-refractivity contribution in [1.82, 2.24) is 9.80 Å². The van der Waals surface area contributed by atoms with Gasteiger partial charge >= 0.3 is 0 Å². The van der Waals surface area contributed by atoms with Gasteiger partial charge in [-0.1, -0.05) is 6.07 Å². The molecule has 2 bridgehead atoms. The summed E-state index contributed by atoms with van der Waals surface area (Å²) in [6, 6.07) is 3.87. The smallest absolute Gasteiger partial charge is 0.223 e. The van der Waals surface area contributed by atoms with Gasteiger partial charge in [-0.3, -0.25) is 9.69 Å². The molecule has 7 rings (SSSR count). The van der Waals surface area contributed by atoms with Gasteiger partial charge in [-0.2, -0.15) is 0 Å². The van der Waals surface area contributed by atoms with E-state index in [9.17, 15) is 15.0 Å². The lowest BCUT2D eigenvalue weighted by Crippen LogP contribution is -2.78. The Labute approximate surface area is 176 Å². The maximum absolute atomic E-state index is 12.6. The van der Waals surface area contributed by atoms with E-state index in [0.717, 1.165) is 56.8 Å². The maximum Gasteiger partial charge on any atom is 0.223 e. The Hall–Kier alpha value is -1.79. The van der Waals surface area contributed by atoms with Crippen molar-refractivity contribution >= 4 is 5.91 Å². The maximum atomic E-state index is 12.6. The van der Waals surface area contributed by atoms with Gasteiger partial charge in [-0.25, -0.2) is 0 Å². The predicted octanol–water partition coefficient (Wildman–Crippen LogP) is 1.95. The van der Waals surface area contributed by atoms with Crippen LogP contribution in [0.3, 0.4) is 0 Å². The van der Waals surface area contributed by atoms with E-state index in [-0.39, 0.29) is 29.8 Å². The number of ether oxygens (including phenoxy) is 1. The van der Waals surface area contributed by atoms with E-state index in [1.54, 1.807) is 6.07 Å². The third kappa shape index (κ3) is 2.00. The highest BCUT2D eigenvalue weighted by molar-refractivity contribution is 5.79. The van der Waals surface area contributed by atoms with Gasteiger partial charge in [0, 0.05) is 31.1 Å². The van der Waals surface area contributed by atoms with Crippen LogP contribution in [0.25, 0.3) is 0 Å². The van der Waals surface area contributed by atoms with E-state index < -0.39 is 11.0 Å². The molecule has 1 aromatic rings. The molecule has 1 spiro atoms. The Bertz CT molecular complexity index is 945. The van der Waals surface area contributed by atoms with Crippen LogP contribution in [-0.4, -0.2) is 69.3 Å². The summed E-state index contributed by atoms with van der Waals surface area (Å²) in [5, 5.41) is 23.1. The fourth-order valence-electron chi connectivity index (χ4n) is 7.79. The molecule has 3 aliphatic carbocycles. The molecular weight excluding hydrogens is 380 g/mol. The van der Waals surface area contributed by atoms with Gasteiger partial charge in [0.15, 0.2) is 11.5 Å². The lowest BCUT2D eigenvalue weighted by atomic mass is 9.48. The number of carbonyl (C=O) groups is 1. The van der Waals surface area contributed by atoms with Crippen molar-refractivity contribution in [3.05, 3.63) is 23.3 Å². The summed E-state index contributed by atoms with van der Waals surface area (Å²) in [6.07, 6.45) is 6.98. The lowest BCUT2D eigenvalue weighted by molar-refractivity contribution is -0.200. The lowest BCUT2D eigenvalue weighted by Gasteiger charge is -2.64. The Morgan fingerprint density at radius 2 is 2.03 bits per heavy atom. The van der Waals surface area contributed by atoms with Gasteiger partial charge in [0.05, 0.1) is 17.1 Å². The van der Waals surface area contributed by atoms with E-state index in [1.807, 2.05) is 11.0 Å². The van der Waals surface area contributed by atoms with E-state index in [4.69, 9.17) is 4.74 Å². The second kappa shape index (κ2) is 5.71. The highest BCUT2D eigenvalue weighted by Crippen LogP contribution is 2.66. The average Bonchev–Trinajstić information content (AvgIpc) is 3.32. The van der Waals surface area contributed by atoms with Crippen LogP contribution in [-0.2, 0) is 16.6 Å². The topological polar surface area (TPSA) is 73.2 Å². The summed E-state index contributed by atoms with van der Waals surface area (Å²) >= 11 is 0. The minimum atomic E-state index is -0.865.